The molecule has 14 heavy (non-hydrogen) atoms. The van der Waals surface area contributed by atoms with Gasteiger partial charge < -0.3 is 0 Å². The number of carbonyl (C=O) groups excluding carboxylic acids is 1. The van der Waals surface area contributed by atoms with Gasteiger partial charge in [0.05, 0.1) is 7.57 Å². The van der Waals surface area contributed by atoms with E-state index in [0.29, 0.717) is 0 Å². The lowest BCUT2D eigenvalue weighted by Gasteiger charge is -1.98. The molecule has 0 radical (unpaired) electrons. The van der Waals surface area contributed by atoms with E-state index in [1.165, 1.54) is 0 Å². The minimum absolute atomic E-state index is 0.177. The van der Waals surface area contributed by atoms with Crippen LogP contribution in [0.25, 0.3) is 0 Å². The Labute approximate surface area is 103 Å². The molecule has 0 unspecified atom stereocenters. The van der Waals surface area contributed by atoms with Crippen LogP contribution in [-0.4, -0.2) is 5.78 Å². The molecule has 1 aromatic rings. The van der Waals surface area contributed by atoms with Gasteiger partial charge in [-0.15, -0.1) is 11.3 Å². The molecule has 0 spiro atoms. The molecule has 1 nitrogen and oxygen atoms in total. The molecule has 0 aromatic carbocycles. The number of Topliss-reactive ketones (excluding diaryl/α,β-unsaturated/α-hetero) is 1. The van der Waals surface area contributed by atoms with Crippen LogP contribution in [0.4, 0.5) is 0 Å². The Morgan fingerprint density at radius 1 is 1.43 bits per heavy atom. The third-order valence-electron chi connectivity index (χ3n) is 2.23. The van der Waals surface area contributed by atoms with E-state index in [0.717, 1.165) is 38.0 Å². The Bertz CT molecular complexity index is 406. The van der Waals surface area contributed by atoms with E-state index in [1.807, 2.05) is 6.07 Å². The fraction of sp³-hybridized carbons (Fsp3) is 0.300. The first kappa shape index (κ1) is 10.6. The van der Waals surface area contributed by atoms with Crippen LogP contribution in [0.15, 0.2) is 25.3 Å². The van der Waals surface area contributed by atoms with Crippen LogP contribution >= 0.6 is 43.2 Å². The molecule has 4 heteroatoms. The number of carbonyl (C=O) groups is 1. The monoisotopic (exact) mass is 334 g/mol. The second-order valence-electron chi connectivity index (χ2n) is 3.19. The van der Waals surface area contributed by atoms with Crippen LogP contribution in [0.1, 0.15) is 29.6 Å². The number of thiophene rings is 1. The van der Waals surface area contributed by atoms with Crippen molar-refractivity contribution in [2.45, 2.75) is 19.3 Å². The maximum atomic E-state index is 12.0. The molecule has 0 aliphatic heterocycles. The molecule has 0 atom stereocenters. The first-order valence-electron chi connectivity index (χ1n) is 4.37. The van der Waals surface area contributed by atoms with E-state index in [2.05, 4.69) is 37.9 Å². The highest BCUT2D eigenvalue weighted by atomic mass is 79.9. The van der Waals surface area contributed by atoms with E-state index in [4.69, 9.17) is 0 Å². The molecule has 0 fully saturated rings. The predicted molar refractivity (Wildman–Crippen MR) is 66.0 cm³/mol. The topological polar surface area (TPSA) is 17.1 Å². The zero-order valence-electron chi connectivity index (χ0n) is 7.35. The second-order valence-corrected chi connectivity index (χ2v) is 6.94. The van der Waals surface area contributed by atoms with Crippen LogP contribution in [0.3, 0.4) is 0 Å². The number of hydrogen-bond donors (Lipinski definition) is 0. The van der Waals surface area contributed by atoms with Gasteiger partial charge in [0.2, 0.25) is 0 Å². The molecule has 2 rings (SSSR count). The van der Waals surface area contributed by atoms with Gasteiger partial charge in [-0.25, -0.2) is 0 Å². The third-order valence-corrected chi connectivity index (χ3v) is 4.57. The Kier molecular flexibility index (Phi) is 3.24. The fourth-order valence-electron chi connectivity index (χ4n) is 1.55. The summed E-state index contributed by atoms with van der Waals surface area (Å²) in [4.78, 5) is 12.0. The summed E-state index contributed by atoms with van der Waals surface area (Å²) in [5.41, 5.74) is 1.76. The highest BCUT2D eigenvalue weighted by molar-refractivity contribution is 9.12. The molecule has 0 N–H and O–H groups in total. The summed E-state index contributed by atoms with van der Waals surface area (Å²) >= 11 is 8.32. The minimum atomic E-state index is 0.177. The average molecular weight is 336 g/mol. The zero-order chi connectivity index (χ0) is 10.1. The van der Waals surface area contributed by atoms with Crippen molar-refractivity contribution in [2.24, 2.45) is 0 Å². The molecule has 1 aromatic heterocycles. The lowest BCUT2D eigenvalue weighted by molar-refractivity contribution is 0.103. The molecule has 74 valence electrons. The molecule has 0 saturated carbocycles. The van der Waals surface area contributed by atoms with E-state index in [1.54, 1.807) is 11.3 Å². The van der Waals surface area contributed by atoms with Gasteiger partial charge in [-0.1, -0.05) is 6.08 Å². The Hall–Kier alpha value is 0.0700. The van der Waals surface area contributed by atoms with Crippen molar-refractivity contribution < 1.29 is 4.79 Å². The van der Waals surface area contributed by atoms with Crippen molar-refractivity contribution in [1.82, 2.24) is 0 Å². The van der Waals surface area contributed by atoms with E-state index in [-0.39, 0.29) is 5.78 Å². The normalized spacial score (nSPS) is 15.7. The van der Waals surface area contributed by atoms with Crippen LogP contribution in [0, 0.1) is 0 Å². The van der Waals surface area contributed by atoms with Crippen molar-refractivity contribution in [3.8, 4) is 0 Å². The number of hydrogen-bond acceptors (Lipinski definition) is 2. The second kappa shape index (κ2) is 4.29. The number of halogens is 2. The van der Waals surface area contributed by atoms with Gasteiger partial charge in [-0.3, -0.25) is 4.79 Å². The van der Waals surface area contributed by atoms with Gasteiger partial charge >= 0.3 is 0 Å². The van der Waals surface area contributed by atoms with Gasteiger partial charge in [-0.2, -0.15) is 0 Å². The number of rotatable bonds is 2. The Balaban J connectivity index is 2.30. The molecular formula is C10H8Br2OS. The minimum Gasteiger partial charge on any atom is -0.289 e. The molecule has 0 saturated heterocycles. The van der Waals surface area contributed by atoms with E-state index in [9.17, 15) is 4.79 Å². The summed E-state index contributed by atoms with van der Waals surface area (Å²) in [6.45, 7) is 0. The van der Waals surface area contributed by atoms with Gasteiger partial charge in [0, 0.05) is 5.56 Å². The summed E-state index contributed by atoms with van der Waals surface area (Å²) in [5.74, 6) is 0.177. The Morgan fingerprint density at radius 2 is 2.21 bits per heavy atom. The summed E-state index contributed by atoms with van der Waals surface area (Å²) < 4.78 is 1.91. The zero-order valence-corrected chi connectivity index (χ0v) is 11.3. The number of allylic oxidation sites excluding steroid dienone is 2. The van der Waals surface area contributed by atoms with Crippen molar-refractivity contribution in [3.05, 3.63) is 30.9 Å². The van der Waals surface area contributed by atoms with E-state index < -0.39 is 0 Å². The fourth-order valence-corrected chi connectivity index (χ4v) is 4.34. The average Bonchev–Trinajstić information content (AvgIpc) is 2.73. The third kappa shape index (κ3) is 2.02. The summed E-state index contributed by atoms with van der Waals surface area (Å²) in [6, 6.07) is 1.89. The molecule has 1 aliphatic rings. The van der Waals surface area contributed by atoms with Gasteiger partial charge in [0.1, 0.15) is 0 Å². The van der Waals surface area contributed by atoms with Gasteiger partial charge in [-0.05, 0) is 62.8 Å². The lowest BCUT2D eigenvalue weighted by atomic mass is 10.1. The van der Waals surface area contributed by atoms with Crippen LogP contribution < -0.4 is 0 Å². The smallest absolute Gasteiger partial charge is 0.190 e. The van der Waals surface area contributed by atoms with Crippen molar-refractivity contribution in [3.63, 3.8) is 0 Å². The summed E-state index contributed by atoms with van der Waals surface area (Å²) in [5, 5.41) is 0. The van der Waals surface area contributed by atoms with Crippen molar-refractivity contribution in [1.29, 1.82) is 0 Å². The standard InChI is InChI=1S/C10H8Br2OS/c11-8-5-7(10(12)14-8)9(13)6-3-1-2-4-6/h3,5H,1-2,4H2. The van der Waals surface area contributed by atoms with Crippen molar-refractivity contribution in [2.75, 3.05) is 0 Å². The highest BCUT2D eigenvalue weighted by Gasteiger charge is 2.19. The molecule has 0 amide bonds. The SMILES string of the molecule is O=C(C1=CCCC1)c1cc(Br)sc1Br. The summed E-state index contributed by atoms with van der Waals surface area (Å²) in [6.07, 6.45) is 5.15. The quantitative estimate of drug-likeness (QED) is 0.724. The first-order valence-corrected chi connectivity index (χ1v) is 6.77. The largest absolute Gasteiger partial charge is 0.289 e. The molecular weight excluding hydrogens is 328 g/mol. The van der Waals surface area contributed by atoms with Crippen molar-refractivity contribution >= 4 is 49.0 Å². The molecule has 1 heterocycles. The van der Waals surface area contributed by atoms with Gasteiger partial charge in [0.25, 0.3) is 0 Å². The first-order chi connectivity index (χ1) is 6.68. The van der Waals surface area contributed by atoms with Crippen LogP contribution in [-0.2, 0) is 0 Å². The summed E-state index contributed by atoms with van der Waals surface area (Å²) in [7, 11) is 0. The molecule has 1 aliphatic carbocycles. The maximum absolute atomic E-state index is 12.0. The lowest BCUT2D eigenvalue weighted by Crippen LogP contribution is -2.00. The van der Waals surface area contributed by atoms with Crippen LogP contribution in [0.5, 0.6) is 0 Å². The highest BCUT2D eigenvalue weighted by Crippen LogP contribution is 2.34. The predicted octanol–water partition coefficient (Wildman–Crippen LogP) is 4.57. The Morgan fingerprint density at radius 3 is 2.71 bits per heavy atom. The number of ketones is 1. The van der Waals surface area contributed by atoms with Gasteiger partial charge in [0.15, 0.2) is 5.78 Å². The van der Waals surface area contributed by atoms with E-state index >= 15 is 0 Å². The maximum Gasteiger partial charge on any atom is 0.190 e. The van der Waals surface area contributed by atoms with Crippen LogP contribution in [0.2, 0.25) is 0 Å². The molecule has 0 bridgehead atoms.